The lowest BCUT2D eigenvalue weighted by atomic mass is 10.1. The van der Waals surface area contributed by atoms with Crippen molar-refractivity contribution in [3.8, 4) is 0 Å². The van der Waals surface area contributed by atoms with E-state index in [0.717, 1.165) is 11.3 Å². The van der Waals surface area contributed by atoms with Gasteiger partial charge < -0.3 is 5.32 Å². The Kier molecular flexibility index (Phi) is 4.81. The van der Waals surface area contributed by atoms with Crippen molar-refractivity contribution in [1.82, 2.24) is 14.5 Å². The molecule has 0 saturated heterocycles. The number of aromatic nitrogens is 2. The maximum absolute atomic E-state index is 11.9. The number of hydrogen-bond acceptors (Lipinski definition) is 4. The van der Waals surface area contributed by atoms with Crippen molar-refractivity contribution in [1.29, 1.82) is 0 Å². The second kappa shape index (κ2) is 6.33. The zero-order valence-corrected chi connectivity index (χ0v) is 15.0. The number of hydrogen-bond donors (Lipinski definition) is 2. The average molecular weight is 336 g/mol. The minimum atomic E-state index is -3.44. The molecule has 0 bridgehead atoms. The van der Waals surface area contributed by atoms with Gasteiger partial charge in [0.2, 0.25) is 10.0 Å². The summed E-state index contributed by atoms with van der Waals surface area (Å²) in [5.74, 6) is 0. The number of anilines is 1. The van der Waals surface area contributed by atoms with Crippen LogP contribution in [0.1, 0.15) is 39.3 Å². The Balaban J connectivity index is 2.20. The van der Waals surface area contributed by atoms with Crippen LogP contribution in [0.15, 0.2) is 41.6 Å². The first kappa shape index (κ1) is 17.5. The van der Waals surface area contributed by atoms with Crippen LogP contribution in [0.3, 0.4) is 0 Å². The highest BCUT2D eigenvalue weighted by Gasteiger charge is 2.16. The number of nitrogens with one attached hydrogen (secondary N) is 2. The molecule has 0 aliphatic rings. The molecule has 0 spiro atoms. The largest absolute Gasteiger partial charge is 0.376 e. The molecule has 6 nitrogen and oxygen atoms in total. The van der Waals surface area contributed by atoms with Gasteiger partial charge in [-0.3, -0.25) is 4.68 Å². The molecule has 126 valence electrons. The van der Waals surface area contributed by atoms with Gasteiger partial charge in [0.05, 0.1) is 22.3 Å². The number of rotatable bonds is 5. The maximum atomic E-state index is 11.9. The fourth-order valence-corrected chi connectivity index (χ4v) is 2.95. The molecule has 2 rings (SSSR count). The van der Waals surface area contributed by atoms with Crippen molar-refractivity contribution in [3.05, 3.63) is 42.2 Å². The van der Waals surface area contributed by atoms with Crippen molar-refractivity contribution < 1.29 is 8.42 Å². The van der Waals surface area contributed by atoms with Crippen LogP contribution in [0.2, 0.25) is 0 Å². The van der Waals surface area contributed by atoms with E-state index in [0.29, 0.717) is 0 Å². The molecule has 1 aromatic carbocycles. The van der Waals surface area contributed by atoms with Gasteiger partial charge in [-0.25, -0.2) is 13.1 Å². The zero-order valence-electron chi connectivity index (χ0n) is 14.2. The van der Waals surface area contributed by atoms with E-state index < -0.39 is 10.0 Å². The van der Waals surface area contributed by atoms with E-state index in [1.165, 1.54) is 7.05 Å². The summed E-state index contributed by atoms with van der Waals surface area (Å²) in [5.41, 5.74) is 1.71. The van der Waals surface area contributed by atoms with E-state index in [1.807, 2.05) is 23.9 Å². The Morgan fingerprint density at radius 1 is 1.26 bits per heavy atom. The van der Waals surface area contributed by atoms with Gasteiger partial charge in [0.25, 0.3) is 0 Å². The fourth-order valence-electron chi connectivity index (χ4n) is 2.17. The molecule has 7 heteroatoms. The molecule has 2 N–H and O–H groups in total. The molecule has 0 aliphatic heterocycles. The molecule has 2 aromatic rings. The highest BCUT2D eigenvalue weighted by atomic mass is 32.2. The van der Waals surface area contributed by atoms with Crippen molar-refractivity contribution in [2.24, 2.45) is 0 Å². The second-order valence-electron chi connectivity index (χ2n) is 6.49. The number of nitrogens with zero attached hydrogens (tertiary/aromatic N) is 2. The van der Waals surface area contributed by atoms with E-state index in [2.05, 4.69) is 35.9 Å². The normalized spacial score (nSPS) is 13.8. The van der Waals surface area contributed by atoms with Crippen LogP contribution < -0.4 is 10.0 Å². The van der Waals surface area contributed by atoms with Crippen LogP contribution in [0, 0.1) is 0 Å². The molecule has 0 amide bonds. The Hall–Kier alpha value is -1.86. The highest BCUT2D eigenvalue weighted by Crippen LogP contribution is 2.23. The van der Waals surface area contributed by atoms with Gasteiger partial charge in [-0.2, -0.15) is 5.10 Å². The SMILES string of the molecule is CNS(=O)(=O)c1cccc([C@@H](C)Nc2cnn(C(C)(C)C)c2)c1. The maximum Gasteiger partial charge on any atom is 0.240 e. The first-order valence-electron chi connectivity index (χ1n) is 7.49. The number of sulfonamides is 1. The summed E-state index contributed by atoms with van der Waals surface area (Å²) >= 11 is 0. The van der Waals surface area contributed by atoms with Crippen LogP contribution in [0.25, 0.3) is 0 Å². The average Bonchev–Trinajstić information content (AvgIpc) is 2.96. The minimum Gasteiger partial charge on any atom is -0.376 e. The summed E-state index contributed by atoms with van der Waals surface area (Å²) in [6.07, 6.45) is 3.72. The third kappa shape index (κ3) is 4.11. The van der Waals surface area contributed by atoms with Gasteiger partial charge in [0.15, 0.2) is 0 Å². The monoisotopic (exact) mass is 336 g/mol. The lowest BCUT2D eigenvalue weighted by Gasteiger charge is -2.19. The predicted octanol–water partition coefficient (Wildman–Crippen LogP) is 2.72. The Morgan fingerprint density at radius 3 is 2.52 bits per heavy atom. The molecular formula is C16H24N4O2S. The highest BCUT2D eigenvalue weighted by molar-refractivity contribution is 7.89. The molecule has 0 fully saturated rings. The zero-order chi connectivity index (χ0) is 17.3. The van der Waals surface area contributed by atoms with Crippen LogP contribution >= 0.6 is 0 Å². The molecule has 0 radical (unpaired) electrons. The van der Waals surface area contributed by atoms with Crippen molar-refractivity contribution >= 4 is 15.7 Å². The van der Waals surface area contributed by atoms with Gasteiger partial charge in [-0.15, -0.1) is 0 Å². The first-order valence-corrected chi connectivity index (χ1v) is 8.97. The van der Waals surface area contributed by atoms with Crippen molar-refractivity contribution in [2.45, 2.75) is 44.2 Å². The van der Waals surface area contributed by atoms with E-state index in [9.17, 15) is 8.42 Å². The third-order valence-electron chi connectivity index (χ3n) is 3.59. The second-order valence-corrected chi connectivity index (χ2v) is 8.38. The van der Waals surface area contributed by atoms with Crippen LogP contribution in [0.4, 0.5) is 5.69 Å². The summed E-state index contributed by atoms with van der Waals surface area (Å²) in [6, 6.07) is 6.87. The van der Waals surface area contributed by atoms with Gasteiger partial charge in [-0.05, 0) is 52.4 Å². The topological polar surface area (TPSA) is 76.0 Å². The van der Waals surface area contributed by atoms with Gasteiger partial charge in [-0.1, -0.05) is 12.1 Å². The predicted molar refractivity (Wildman–Crippen MR) is 91.9 cm³/mol. The van der Waals surface area contributed by atoms with Gasteiger partial charge >= 0.3 is 0 Å². The summed E-state index contributed by atoms with van der Waals surface area (Å²) < 4.78 is 28.0. The molecule has 1 aromatic heterocycles. The molecule has 0 unspecified atom stereocenters. The minimum absolute atomic E-state index is 0.0420. The first-order chi connectivity index (χ1) is 10.6. The molecule has 0 saturated carbocycles. The summed E-state index contributed by atoms with van der Waals surface area (Å²) in [7, 11) is -2.03. The van der Waals surface area contributed by atoms with Crippen molar-refractivity contribution in [3.63, 3.8) is 0 Å². The van der Waals surface area contributed by atoms with Crippen molar-refractivity contribution in [2.75, 3.05) is 12.4 Å². The Labute approximate surface area is 138 Å². The van der Waals surface area contributed by atoms with Gasteiger partial charge in [0, 0.05) is 12.2 Å². The Bertz CT molecular complexity index is 775. The Morgan fingerprint density at radius 2 is 1.96 bits per heavy atom. The molecule has 1 atom stereocenters. The molecular weight excluding hydrogens is 312 g/mol. The summed E-state index contributed by atoms with van der Waals surface area (Å²) in [4.78, 5) is 0.261. The van der Waals surface area contributed by atoms with Crippen LogP contribution in [-0.2, 0) is 15.6 Å². The van der Waals surface area contributed by atoms with Crippen LogP contribution in [0.5, 0.6) is 0 Å². The fraction of sp³-hybridized carbons (Fsp3) is 0.438. The van der Waals surface area contributed by atoms with E-state index in [-0.39, 0.29) is 16.5 Å². The van der Waals surface area contributed by atoms with E-state index >= 15 is 0 Å². The number of benzene rings is 1. The lowest BCUT2D eigenvalue weighted by molar-refractivity contribution is 0.355. The van der Waals surface area contributed by atoms with Crippen LogP contribution in [-0.4, -0.2) is 25.2 Å². The van der Waals surface area contributed by atoms with Gasteiger partial charge in [0.1, 0.15) is 0 Å². The summed E-state index contributed by atoms with van der Waals surface area (Å²) in [5, 5.41) is 7.70. The molecule has 0 aliphatic carbocycles. The van der Waals surface area contributed by atoms with E-state index in [4.69, 9.17) is 0 Å². The quantitative estimate of drug-likeness (QED) is 0.880. The smallest absolute Gasteiger partial charge is 0.240 e. The standard InChI is InChI=1S/C16H24N4O2S/c1-12(19-14-10-18-20(11-14)16(2,3)4)13-7-6-8-15(9-13)23(21,22)17-5/h6-12,17,19H,1-5H3/t12-/m1/s1. The lowest BCUT2D eigenvalue weighted by Crippen LogP contribution is -2.22. The molecule has 23 heavy (non-hydrogen) atoms. The van der Waals surface area contributed by atoms with E-state index in [1.54, 1.807) is 24.4 Å². The molecule has 1 heterocycles. The third-order valence-corrected chi connectivity index (χ3v) is 5.00. The summed E-state index contributed by atoms with van der Waals surface area (Å²) in [6.45, 7) is 8.23.